The highest BCUT2D eigenvalue weighted by Crippen LogP contribution is 2.33. The number of amides is 1. The zero-order valence-electron chi connectivity index (χ0n) is 20.6. The minimum absolute atomic E-state index is 0.119. The molecule has 1 heterocycles. The highest BCUT2D eigenvalue weighted by atomic mass is 32.2. The summed E-state index contributed by atoms with van der Waals surface area (Å²) in [4.78, 5) is 32.1. The Kier molecular flexibility index (Phi) is 8.39. The van der Waals surface area contributed by atoms with E-state index in [0.717, 1.165) is 28.1 Å². The molecular formula is C26H32N4O3S. The average molecular weight is 481 g/mol. The molecule has 1 atom stereocenters. The van der Waals surface area contributed by atoms with E-state index in [1.165, 1.54) is 11.8 Å². The summed E-state index contributed by atoms with van der Waals surface area (Å²) in [5.41, 5.74) is 6.05. The SMILES string of the molecule is CCOC(=O)C1=C(C)NC(SCC(=O)Nc2ccc(C)cc2C)=N[C@H]1c1ccc(N(C)C)cc1. The standard InChI is InChI=1S/C26H32N4O3S/c1-7-33-25(32)23-18(4)27-26(29-24(23)19-9-11-20(12-10-19)30(5)6)34-15-22(31)28-21-13-8-16(2)14-17(21)3/h8-14,24H,7,15H2,1-6H3,(H,27,29)(H,28,31)/t24-/m0/s1. The second kappa shape index (κ2) is 11.2. The molecule has 7 nitrogen and oxygen atoms in total. The average Bonchev–Trinajstić information content (AvgIpc) is 2.79. The zero-order valence-corrected chi connectivity index (χ0v) is 21.4. The number of nitrogens with zero attached hydrogens (tertiary/aromatic N) is 2. The molecule has 2 N–H and O–H groups in total. The maximum absolute atomic E-state index is 12.7. The van der Waals surface area contributed by atoms with Gasteiger partial charge in [0.05, 0.1) is 17.9 Å². The molecule has 0 saturated heterocycles. The van der Waals surface area contributed by atoms with Crippen molar-refractivity contribution in [1.29, 1.82) is 0 Å². The zero-order chi connectivity index (χ0) is 24.8. The Hall–Kier alpha value is -3.26. The van der Waals surface area contributed by atoms with Gasteiger partial charge in [-0.2, -0.15) is 0 Å². The number of benzene rings is 2. The first-order chi connectivity index (χ1) is 16.2. The number of amidine groups is 1. The van der Waals surface area contributed by atoms with Crippen LogP contribution in [0.25, 0.3) is 0 Å². The van der Waals surface area contributed by atoms with Crippen molar-refractivity contribution in [2.75, 3.05) is 36.7 Å². The summed E-state index contributed by atoms with van der Waals surface area (Å²) in [5, 5.41) is 6.72. The van der Waals surface area contributed by atoms with Crippen LogP contribution in [-0.4, -0.2) is 43.5 Å². The van der Waals surface area contributed by atoms with Crippen molar-refractivity contribution in [3.63, 3.8) is 0 Å². The Morgan fingerprint density at radius 2 is 1.82 bits per heavy atom. The summed E-state index contributed by atoms with van der Waals surface area (Å²) >= 11 is 1.30. The Morgan fingerprint density at radius 3 is 2.44 bits per heavy atom. The Balaban J connectivity index is 1.79. The number of hydrogen-bond donors (Lipinski definition) is 2. The van der Waals surface area contributed by atoms with Gasteiger partial charge in [0.1, 0.15) is 6.04 Å². The van der Waals surface area contributed by atoms with Crippen LogP contribution in [0.2, 0.25) is 0 Å². The largest absolute Gasteiger partial charge is 0.463 e. The molecule has 0 spiro atoms. The molecule has 2 aromatic carbocycles. The van der Waals surface area contributed by atoms with Gasteiger partial charge in [-0.15, -0.1) is 0 Å². The van der Waals surface area contributed by atoms with Crippen LogP contribution in [0.3, 0.4) is 0 Å². The number of thioether (sulfide) groups is 1. The Labute approximate surface area is 205 Å². The smallest absolute Gasteiger partial charge is 0.338 e. The van der Waals surface area contributed by atoms with Crippen LogP contribution in [0.1, 0.15) is 36.6 Å². The van der Waals surface area contributed by atoms with Crippen LogP contribution in [0.5, 0.6) is 0 Å². The van der Waals surface area contributed by atoms with E-state index in [0.29, 0.717) is 16.4 Å². The van der Waals surface area contributed by atoms with E-state index in [4.69, 9.17) is 9.73 Å². The van der Waals surface area contributed by atoms with Crippen molar-refractivity contribution in [2.24, 2.45) is 4.99 Å². The summed E-state index contributed by atoms with van der Waals surface area (Å²) in [5.74, 6) is -0.325. The number of aryl methyl sites for hydroxylation is 2. The monoisotopic (exact) mass is 480 g/mol. The van der Waals surface area contributed by atoms with Gasteiger partial charge in [-0.25, -0.2) is 9.79 Å². The third-order valence-corrected chi connectivity index (χ3v) is 6.32. The van der Waals surface area contributed by atoms with Crippen molar-refractivity contribution in [3.8, 4) is 0 Å². The number of anilines is 2. The number of esters is 1. The van der Waals surface area contributed by atoms with E-state index >= 15 is 0 Å². The van der Waals surface area contributed by atoms with Gasteiger partial charge >= 0.3 is 5.97 Å². The lowest BCUT2D eigenvalue weighted by Crippen LogP contribution is -2.31. The summed E-state index contributed by atoms with van der Waals surface area (Å²) in [6.07, 6.45) is 0. The van der Waals surface area contributed by atoms with Gasteiger partial charge in [-0.3, -0.25) is 4.79 Å². The first kappa shape index (κ1) is 25.4. The van der Waals surface area contributed by atoms with E-state index in [1.807, 2.05) is 82.2 Å². The van der Waals surface area contributed by atoms with Crippen molar-refractivity contribution in [2.45, 2.75) is 33.7 Å². The van der Waals surface area contributed by atoms with E-state index < -0.39 is 12.0 Å². The minimum Gasteiger partial charge on any atom is -0.463 e. The van der Waals surface area contributed by atoms with E-state index in [-0.39, 0.29) is 18.3 Å². The van der Waals surface area contributed by atoms with Gasteiger partial charge in [-0.05, 0) is 57.0 Å². The van der Waals surface area contributed by atoms with Gasteiger partial charge in [0.15, 0.2) is 5.17 Å². The molecule has 180 valence electrons. The van der Waals surface area contributed by atoms with Gasteiger partial charge in [0.2, 0.25) is 5.91 Å². The lowest BCUT2D eigenvalue weighted by molar-refractivity contribution is -0.139. The van der Waals surface area contributed by atoms with Crippen LogP contribution in [0, 0.1) is 13.8 Å². The number of allylic oxidation sites excluding steroid dienone is 1. The maximum Gasteiger partial charge on any atom is 0.338 e. The second-order valence-electron chi connectivity index (χ2n) is 8.36. The fourth-order valence-electron chi connectivity index (χ4n) is 3.66. The van der Waals surface area contributed by atoms with Crippen LogP contribution >= 0.6 is 11.8 Å². The quantitative estimate of drug-likeness (QED) is 0.565. The molecule has 0 saturated carbocycles. The molecule has 34 heavy (non-hydrogen) atoms. The van der Waals surface area contributed by atoms with Crippen molar-refractivity contribution in [1.82, 2.24) is 5.32 Å². The van der Waals surface area contributed by atoms with E-state index in [1.54, 1.807) is 6.92 Å². The molecule has 0 fully saturated rings. The van der Waals surface area contributed by atoms with Gasteiger partial charge in [0, 0.05) is 31.2 Å². The molecular weight excluding hydrogens is 448 g/mol. The molecule has 0 unspecified atom stereocenters. The fourth-order valence-corrected chi connectivity index (χ4v) is 4.41. The molecule has 1 aliphatic heterocycles. The number of ether oxygens (including phenoxy) is 1. The molecule has 8 heteroatoms. The van der Waals surface area contributed by atoms with Crippen molar-refractivity contribution >= 4 is 40.2 Å². The van der Waals surface area contributed by atoms with Gasteiger partial charge < -0.3 is 20.3 Å². The Bertz CT molecular complexity index is 1120. The second-order valence-corrected chi connectivity index (χ2v) is 9.33. The number of aliphatic imine (C=N–C) groups is 1. The number of nitrogens with one attached hydrogen (secondary N) is 2. The summed E-state index contributed by atoms with van der Waals surface area (Å²) in [7, 11) is 3.95. The number of carbonyl (C=O) groups excluding carboxylic acids is 2. The molecule has 1 aliphatic rings. The Morgan fingerprint density at radius 1 is 1.12 bits per heavy atom. The normalized spacial score (nSPS) is 15.4. The first-order valence-corrected chi connectivity index (χ1v) is 12.2. The van der Waals surface area contributed by atoms with Gasteiger partial charge in [-0.1, -0.05) is 41.6 Å². The molecule has 0 aromatic heterocycles. The van der Waals surface area contributed by atoms with Gasteiger partial charge in [0.25, 0.3) is 0 Å². The third kappa shape index (κ3) is 6.20. The predicted octanol–water partition coefficient (Wildman–Crippen LogP) is 4.58. The molecule has 0 bridgehead atoms. The molecule has 1 amide bonds. The van der Waals surface area contributed by atoms with Crippen LogP contribution in [0.15, 0.2) is 58.7 Å². The first-order valence-electron chi connectivity index (χ1n) is 11.2. The van der Waals surface area contributed by atoms with Crippen molar-refractivity contribution < 1.29 is 14.3 Å². The highest BCUT2D eigenvalue weighted by Gasteiger charge is 2.30. The number of rotatable bonds is 7. The lowest BCUT2D eigenvalue weighted by atomic mass is 9.96. The van der Waals surface area contributed by atoms with E-state index in [2.05, 4.69) is 10.6 Å². The van der Waals surface area contributed by atoms with Crippen LogP contribution in [-0.2, 0) is 14.3 Å². The van der Waals surface area contributed by atoms with E-state index in [9.17, 15) is 9.59 Å². The lowest BCUT2D eigenvalue weighted by Gasteiger charge is -2.26. The minimum atomic E-state index is -0.513. The fraction of sp³-hybridized carbons (Fsp3) is 0.346. The molecule has 2 aromatic rings. The number of carbonyl (C=O) groups is 2. The van der Waals surface area contributed by atoms with Crippen LogP contribution < -0.4 is 15.5 Å². The molecule has 3 rings (SSSR count). The summed E-state index contributed by atoms with van der Waals surface area (Å²) in [6, 6.07) is 13.3. The maximum atomic E-state index is 12.7. The highest BCUT2D eigenvalue weighted by molar-refractivity contribution is 8.14. The van der Waals surface area contributed by atoms with Crippen molar-refractivity contribution in [3.05, 3.63) is 70.4 Å². The molecule has 0 aliphatic carbocycles. The predicted molar refractivity (Wildman–Crippen MR) is 140 cm³/mol. The summed E-state index contributed by atoms with van der Waals surface area (Å²) < 4.78 is 5.30. The topological polar surface area (TPSA) is 83.0 Å². The molecule has 0 radical (unpaired) electrons. The summed E-state index contributed by atoms with van der Waals surface area (Å²) in [6.45, 7) is 7.89. The van der Waals surface area contributed by atoms with Crippen LogP contribution in [0.4, 0.5) is 11.4 Å². The number of hydrogen-bond acceptors (Lipinski definition) is 7. The third-order valence-electron chi connectivity index (χ3n) is 5.43.